The zero-order chi connectivity index (χ0) is 20.1. The molecule has 1 heterocycles. The molecule has 0 saturated heterocycles. The van der Waals surface area contributed by atoms with Gasteiger partial charge in [-0.15, -0.1) is 0 Å². The van der Waals surface area contributed by atoms with E-state index in [2.05, 4.69) is 21.5 Å². The van der Waals surface area contributed by atoms with Crippen molar-refractivity contribution in [2.75, 3.05) is 7.11 Å². The van der Waals surface area contributed by atoms with Crippen molar-refractivity contribution in [3.63, 3.8) is 0 Å². The summed E-state index contributed by atoms with van der Waals surface area (Å²) in [5.41, 5.74) is 3.51. The summed E-state index contributed by atoms with van der Waals surface area (Å²) >= 11 is 0. The minimum absolute atomic E-state index is 0.0285. The fourth-order valence-corrected chi connectivity index (χ4v) is 3.32. The Hall–Kier alpha value is -3.15. The molecule has 1 atom stereocenters. The number of nitrogens with one attached hydrogen (secondary N) is 1. The summed E-state index contributed by atoms with van der Waals surface area (Å²) in [5, 5.41) is 3.04. The second-order valence-electron chi connectivity index (χ2n) is 6.68. The van der Waals surface area contributed by atoms with Crippen LogP contribution < -0.4 is 5.32 Å². The van der Waals surface area contributed by atoms with Crippen LogP contribution in [0.5, 0.6) is 0 Å². The van der Waals surface area contributed by atoms with Crippen molar-refractivity contribution >= 4 is 22.9 Å². The van der Waals surface area contributed by atoms with Crippen LogP contribution in [-0.2, 0) is 22.5 Å². The van der Waals surface area contributed by atoms with Crippen LogP contribution in [0.2, 0.25) is 0 Å². The lowest BCUT2D eigenvalue weighted by Gasteiger charge is -2.15. The highest BCUT2D eigenvalue weighted by Crippen LogP contribution is 2.20. The number of fused-ring (bicyclic) bond motifs is 1. The maximum atomic E-state index is 12.4. The van der Waals surface area contributed by atoms with Gasteiger partial charge in [0.05, 0.1) is 29.7 Å². The Morgan fingerprint density at radius 2 is 1.86 bits per heavy atom. The second-order valence-corrected chi connectivity index (χ2v) is 6.68. The van der Waals surface area contributed by atoms with Gasteiger partial charge in [0.1, 0.15) is 5.82 Å². The highest BCUT2D eigenvalue weighted by atomic mass is 16.5. The first-order valence-electron chi connectivity index (χ1n) is 9.45. The molecule has 1 unspecified atom stereocenters. The Labute approximate surface area is 164 Å². The van der Waals surface area contributed by atoms with Crippen molar-refractivity contribution < 1.29 is 14.3 Å². The van der Waals surface area contributed by atoms with Crippen LogP contribution in [0.4, 0.5) is 0 Å². The lowest BCUT2D eigenvalue weighted by molar-refractivity contribution is -0.121. The smallest absolute Gasteiger partial charge is 0.337 e. The molecule has 0 spiro atoms. The van der Waals surface area contributed by atoms with E-state index in [-0.39, 0.29) is 17.9 Å². The SMILES string of the molecule is CCn1c(C(C)NC(=O)CCc2ccc(C(=O)OC)cc2)nc2ccccc21. The first-order valence-corrected chi connectivity index (χ1v) is 9.45. The van der Waals surface area contributed by atoms with Crippen LogP contribution in [-0.4, -0.2) is 28.5 Å². The number of hydrogen-bond acceptors (Lipinski definition) is 4. The largest absolute Gasteiger partial charge is 0.465 e. The third kappa shape index (κ3) is 4.22. The number of benzene rings is 2. The van der Waals surface area contributed by atoms with E-state index in [0.29, 0.717) is 18.4 Å². The van der Waals surface area contributed by atoms with Gasteiger partial charge in [0.25, 0.3) is 0 Å². The first kappa shape index (κ1) is 19.6. The number of carbonyl (C=O) groups is 2. The van der Waals surface area contributed by atoms with Gasteiger partial charge in [-0.1, -0.05) is 24.3 Å². The van der Waals surface area contributed by atoms with Crippen molar-refractivity contribution in [2.45, 2.75) is 39.3 Å². The number of para-hydroxylation sites is 2. The Bertz CT molecular complexity index is 976. The number of imidazole rings is 1. The number of ether oxygens (including phenoxy) is 1. The van der Waals surface area contributed by atoms with E-state index in [4.69, 9.17) is 4.98 Å². The van der Waals surface area contributed by atoms with Crippen LogP contribution in [0.3, 0.4) is 0 Å². The molecule has 6 heteroatoms. The van der Waals surface area contributed by atoms with Gasteiger partial charge in [-0.05, 0) is 50.1 Å². The number of methoxy groups -OCH3 is 1. The van der Waals surface area contributed by atoms with E-state index < -0.39 is 0 Å². The van der Waals surface area contributed by atoms with Crippen molar-refractivity contribution in [1.29, 1.82) is 0 Å². The molecule has 1 amide bonds. The molecule has 6 nitrogen and oxygen atoms in total. The highest BCUT2D eigenvalue weighted by molar-refractivity contribution is 5.89. The molecule has 0 aliphatic rings. The average Bonchev–Trinajstić information content (AvgIpc) is 3.11. The lowest BCUT2D eigenvalue weighted by Crippen LogP contribution is -2.28. The molecule has 1 aromatic heterocycles. The van der Waals surface area contributed by atoms with Crippen molar-refractivity contribution in [2.24, 2.45) is 0 Å². The fourth-order valence-electron chi connectivity index (χ4n) is 3.32. The topological polar surface area (TPSA) is 73.2 Å². The van der Waals surface area contributed by atoms with E-state index in [1.54, 1.807) is 12.1 Å². The minimum atomic E-state index is -0.364. The van der Waals surface area contributed by atoms with Crippen molar-refractivity contribution in [1.82, 2.24) is 14.9 Å². The first-order chi connectivity index (χ1) is 13.5. The normalized spacial score (nSPS) is 12.0. The van der Waals surface area contributed by atoms with E-state index in [1.165, 1.54) is 7.11 Å². The Kier molecular flexibility index (Phi) is 6.09. The molecule has 3 rings (SSSR count). The van der Waals surface area contributed by atoms with Crippen LogP contribution in [0.15, 0.2) is 48.5 Å². The maximum absolute atomic E-state index is 12.4. The van der Waals surface area contributed by atoms with Crippen molar-refractivity contribution in [3.8, 4) is 0 Å². The molecule has 0 bridgehead atoms. The lowest BCUT2D eigenvalue weighted by atomic mass is 10.1. The number of rotatable bonds is 7. The molecule has 28 heavy (non-hydrogen) atoms. The number of hydrogen-bond donors (Lipinski definition) is 1. The van der Waals surface area contributed by atoms with E-state index in [0.717, 1.165) is 29.0 Å². The summed E-state index contributed by atoms with van der Waals surface area (Å²) < 4.78 is 6.82. The second kappa shape index (κ2) is 8.69. The predicted octanol–water partition coefficient (Wildman–Crippen LogP) is 3.65. The number of aromatic nitrogens is 2. The Balaban J connectivity index is 1.61. The van der Waals surface area contributed by atoms with Gasteiger partial charge in [-0.25, -0.2) is 9.78 Å². The molecular formula is C22H25N3O3. The van der Waals surface area contributed by atoms with Crippen LogP contribution in [0, 0.1) is 0 Å². The van der Waals surface area contributed by atoms with Crippen molar-refractivity contribution in [3.05, 3.63) is 65.5 Å². The van der Waals surface area contributed by atoms with Gasteiger partial charge in [0, 0.05) is 13.0 Å². The monoisotopic (exact) mass is 379 g/mol. The third-order valence-corrected chi connectivity index (χ3v) is 4.78. The number of carbonyl (C=O) groups excluding carboxylic acids is 2. The summed E-state index contributed by atoms with van der Waals surface area (Å²) in [6, 6.07) is 14.9. The zero-order valence-electron chi connectivity index (χ0n) is 16.4. The van der Waals surface area contributed by atoms with E-state index in [1.807, 2.05) is 43.3 Å². The van der Waals surface area contributed by atoms with Gasteiger partial charge in [-0.2, -0.15) is 0 Å². The number of aryl methyl sites for hydroxylation is 2. The quantitative estimate of drug-likeness (QED) is 0.636. The molecule has 3 aromatic rings. The summed E-state index contributed by atoms with van der Waals surface area (Å²) in [4.78, 5) is 28.6. The molecular weight excluding hydrogens is 354 g/mol. The minimum Gasteiger partial charge on any atom is -0.465 e. The number of nitrogens with zero attached hydrogens (tertiary/aromatic N) is 2. The van der Waals surface area contributed by atoms with Gasteiger partial charge in [0.2, 0.25) is 5.91 Å². The van der Waals surface area contributed by atoms with Gasteiger partial charge in [0.15, 0.2) is 0 Å². The molecule has 0 radical (unpaired) electrons. The summed E-state index contributed by atoms with van der Waals surface area (Å²) in [7, 11) is 1.36. The van der Waals surface area contributed by atoms with Gasteiger partial charge in [-0.3, -0.25) is 4.79 Å². The van der Waals surface area contributed by atoms with Gasteiger partial charge < -0.3 is 14.6 Å². The molecule has 1 N–H and O–H groups in total. The summed E-state index contributed by atoms with van der Waals surface area (Å²) in [5.74, 6) is 0.468. The number of esters is 1. The highest BCUT2D eigenvalue weighted by Gasteiger charge is 2.17. The maximum Gasteiger partial charge on any atom is 0.337 e. The zero-order valence-corrected chi connectivity index (χ0v) is 16.4. The fraction of sp³-hybridized carbons (Fsp3) is 0.318. The predicted molar refractivity (Wildman–Crippen MR) is 108 cm³/mol. The van der Waals surface area contributed by atoms with Crippen LogP contribution in [0.1, 0.15) is 48.1 Å². The molecule has 146 valence electrons. The summed E-state index contributed by atoms with van der Waals surface area (Å²) in [6.45, 7) is 4.82. The van der Waals surface area contributed by atoms with Gasteiger partial charge >= 0.3 is 5.97 Å². The summed E-state index contributed by atoms with van der Waals surface area (Å²) in [6.07, 6.45) is 0.971. The molecule has 0 aliphatic carbocycles. The van der Waals surface area contributed by atoms with Crippen LogP contribution >= 0.6 is 0 Å². The molecule has 2 aromatic carbocycles. The van der Waals surface area contributed by atoms with Crippen LogP contribution in [0.25, 0.3) is 11.0 Å². The molecule has 0 aliphatic heterocycles. The average molecular weight is 379 g/mol. The van der Waals surface area contributed by atoms with E-state index in [9.17, 15) is 9.59 Å². The Morgan fingerprint density at radius 1 is 1.14 bits per heavy atom. The third-order valence-electron chi connectivity index (χ3n) is 4.78. The molecule has 0 saturated carbocycles. The molecule has 0 fully saturated rings. The standard InChI is InChI=1S/C22H25N3O3/c1-4-25-19-8-6-5-7-18(19)24-21(25)15(2)23-20(26)14-11-16-9-12-17(13-10-16)22(27)28-3/h5-10,12-13,15H,4,11,14H2,1-3H3,(H,23,26). The number of amides is 1. The Morgan fingerprint density at radius 3 is 2.54 bits per heavy atom. The van der Waals surface area contributed by atoms with E-state index >= 15 is 0 Å².